The van der Waals surface area contributed by atoms with E-state index in [0.29, 0.717) is 0 Å². The van der Waals surface area contributed by atoms with E-state index in [9.17, 15) is 0 Å². The van der Waals surface area contributed by atoms with E-state index in [2.05, 4.69) is 70.4 Å². The average molecular weight is 330 g/mol. The summed E-state index contributed by atoms with van der Waals surface area (Å²) in [6.45, 7) is 6.09. The first-order chi connectivity index (χ1) is 12.3. The van der Waals surface area contributed by atoms with Crippen molar-refractivity contribution in [3.8, 4) is 0 Å². The third kappa shape index (κ3) is 4.51. The van der Waals surface area contributed by atoms with Crippen LogP contribution in [0.4, 0.5) is 17.1 Å². The molecule has 1 heterocycles. The van der Waals surface area contributed by atoms with Gasteiger partial charge < -0.3 is 4.90 Å². The predicted octanol–water partition coefficient (Wildman–Crippen LogP) is 5.83. The van der Waals surface area contributed by atoms with E-state index in [1.54, 1.807) is 12.4 Å². The summed E-state index contributed by atoms with van der Waals surface area (Å²) in [5.41, 5.74) is 5.31. The number of aromatic nitrogens is 1. The van der Waals surface area contributed by atoms with Crippen molar-refractivity contribution in [3.63, 3.8) is 0 Å². The molecule has 0 fully saturated rings. The number of azo groups is 1. The van der Waals surface area contributed by atoms with Crippen molar-refractivity contribution in [1.82, 2.24) is 4.98 Å². The second-order valence-corrected chi connectivity index (χ2v) is 5.88. The molecular weight excluding hydrogens is 308 g/mol. The molecule has 0 aliphatic rings. The maximum atomic E-state index is 4.36. The van der Waals surface area contributed by atoms with Gasteiger partial charge in [0.2, 0.25) is 0 Å². The fraction of sp³-hybridized carbons (Fsp3) is 0.190. The summed E-state index contributed by atoms with van der Waals surface area (Å²) in [6.07, 6.45) is 3.43. The van der Waals surface area contributed by atoms with Crippen LogP contribution in [0, 0.1) is 6.92 Å². The third-order valence-electron chi connectivity index (χ3n) is 4.08. The fourth-order valence-electron chi connectivity index (χ4n) is 2.66. The molecule has 25 heavy (non-hydrogen) atoms. The molecule has 0 bridgehead atoms. The molecule has 2 aromatic carbocycles. The summed E-state index contributed by atoms with van der Waals surface area (Å²) in [7, 11) is 0. The van der Waals surface area contributed by atoms with Crippen molar-refractivity contribution >= 4 is 17.1 Å². The van der Waals surface area contributed by atoms with E-state index in [1.165, 1.54) is 11.3 Å². The molecule has 1 aromatic heterocycles. The highest BCUT2D eigenvalue weighted by Crippen LogP contribution is 2.27. The van der Waals surface area contributed by atoms with Gasteiger partial charge in [0, 0.05) is 31.2 Å². The first-order valence-corrected chi connectivity index (χ1v) is 8.47. The van der Waals surface area contributed by atoms with E-state index in [0.717, 1.165) is 30.0 Å². The van der Waals surface area contributed by atoms with Gasteiger partial charge in [-0.15, -0.1) is 0 Å². The summed E-state index contributed by atoms with van der Waals surface area (Å²) >= 11 is 0. The molecule has 0 atom stereocenters. The van der Waals surface area contributed by atoms with Crippen LogP contribution in [0.15, 0.2) is 83.3 Å². The Balaban J connectivity index is 1.77. The lowest BCUT2D eigenvalue weighted by Crippen LogP contribution is -2.21. The molecule has 0 spiro atoms. The second kappa shape index (κ2) is 8.20. The number of aryl methyl sites for hydroxylation is 1. The zero-order valence-electron chi connectivity index (χ0n) is 14.6. The van der Waals surface area contributed by atoms with Gasteiger partial charge in [-0.05, 0) is 55.3 Å². The van der Waals surface area contributed by atoms with Gasteiger partial charge in [-0.25, -0.2) is 0 Å². The van der Waals surface area contributed by atoms with Crippen LogP contribution in [0.25, 0.3) is 0 Å². The minimum atomic E-state index is 0.803. The third-order valence-corrected chi connectivity index (χ3v) is 4.08. The number of pyridine rings is 1. The van der Waals surface area contributed by atoms with Crippen molar-refractivity contribution in [2.45, 2.75) is 20.4 Å². The molecule has 0 saturated heterocycles. The van der Waals surface area contributed by atoms with Crippen LogP contribution in [0.5, 0.6) is 0 Å². The number of anilines is 1. The van der Waals surface area contributed by atoms with E-state index in [1.807, 2.05) is 24.3 Å². The fourth-order valence-corrected chi connectivity index (χ4v) is 2.66. The lowest BCUT2D eigenvalue weighted by molar-refractivity contribution is 0.831. The van der Waals surface area contributed by atoms with Gasteiger partial charge in [-0.2, -0.15) is 10.2 Å². The van der Waals surface area contributed by atoms with Crippen molar-refractivity contribution in [3.05, 3.63) is 84.2 Å². The Morgan fingerprint density at radius 1 is 0.920 bits per heavy atom. The minimum Gasteiger partial charge on any atom is -0.367 e. The molecular formula is C21H22N4. The van der Waals surface area contributed by atoms with Gasteiger partial charge >= 0.3 is 0 Å². The van der Waals surface area contributed by atoms with Gasteiger partial charge in [-0.1, -0.05) is 30.3 Å². The monoisotopic (exact) mass is 330 g/mol. The molecule has 0 amide bonds. The van der Waals surface area contributed by atoms with E-state index in [-0.39, 0.29) is 0 Å². The Morgan fingerprint density at radius 2 is 1.68 bits per heavy atom. The number of rotatable bonds is 6. The Bertz CT molecular complexity index is 829. The maximum absolute atomic E-state index is 4.36. The molecule has 0 aliphatic carbocycles. The molecule has 4 nitrogen and oxygen atoms in total. The Labute approximate surface area is 148 Å². The van der Waals surface area contributed by atoms with Crippen molar-refractivity contribution in [2.75, 3.05) is 11.4 Å². The van der Waals surface area contributed by atoms with E-state index < -0.39 is 0 Å². The Hall–Kier alpha value is -3.01. The van der Waals surface area contributed by atoms with Gasteiger partial charge in [-0.3, -0.25) is 4.98 Å². The van der Waals surface area contributed by atoms with Crippen LogP contribution >= 0.6 is 0 Å². The highest BCUT2D eigenvalue weighted by atomic mass is 15.1. The largest absolute Gasteiger partial charge is 0.367 e. The molecule has 0 N–H and O–H groups in total. The van der Waals surface area contributed by atoms with Gasteiger partial charge in [0.15, 0.2) is 0 Å². The average Bonchev–Trinajstić information content (AvgIpc) is 2.67. The van der Waals surface area contributed by atoms with Crippen LogP contribution in [0.1, 0.15) is 18.1 Å². The van der Waals surface area contributed by atoms with Crippen LogP contribution in [-0.4, -0.2) is 11.5 Å². The van der Waals surface area contributed by atoms with Crippen molar-refractivity contribution in [1.29, 1.82) is 0 Å². The summed E-state index contributed by atoms with van der Waals surface area (Å²) in [5, 5.41) is 8.64. The van der Waals surface area contributed by atoms with Gasteiger partial charge in [0.1, 0.15) is 0 Å². The predicted molar refractivity (Wildman–Crippen MR) is 103 cm³/mol. The second-order valence-electron chi connectivity index (χ2n) is 5.88. The summed E-state index contributed by atoms with van der Waals surface area (Å²) in [5.74, 6) is 0. The molecule has 3 aromatic rings. The van der Waals surface area contributed by atoms with Crippen molar-refractivity contribution in [2.24, 2.45) is 10.2 Å². The highest BCUT2D eigenvalue weighted by Gasteiger charge is 2.07. The molecule has 0 radical (unpaired) electrons. The standard InChI is InChI=1S/C21H22N4/c1-3-25(16-18-7-5-4-6-8-18)20-9-10-21(17(2)15-20)24-23-19-11-13-22-14-12-19/h4-15H,3,16H2,1-2H3. The lowest BCUT2D eigenvalue weighted by atomic mass is 10.1. The zero-order chi connectivity index (χ0) is 17.5. The quantitative estimate of drug-likeness (QED) is 0.533. The van der Waals surface area contributed by atoms with Crippen LogP contribution < -0.4 is 4.90 Å². The molecule has 4 heteroatoms. The minimum absolute atomic E-state index is 0.803. The molecule has 0 saturated carbocycles. The zero-order valence-corrected chi connectivity index (χ0v) is 14.6. The van der Waals surface area contributed by atoms with Crippen LogP contribution in [0.2, 0.25) is 0 Å². The topological polar surface area (TPSA) is 40.9 Å². The van der Waals surface area contributed by atoms with E-state index >= 15 is 0 Å². The van der Waals surface area contributed by atoms with Crippen LogP contribution in [-0.2, 0) is 6.54 Å². The molecule has 0 aliphatic heterocycles. The van der Waals surface area contributed by atoms with Crippen LogP contribution in [0.3, 0.4) is 0 Å². The summed E-state index contributed by atoms with van der Waals surface area (Å²) in [4.78, 5) is 6.34. The highest BCUT2D eigenvalue weighted by molar-refractivity contribution is 5.58. The molecule has 0 unspecified atom stereocenters. The maximum Gasteiger partial charge on any atom is 0.0887 e. The summed E-state index contributed by atoms with van der Waals surface area (Å²) in [6, 6.07) is 20.5. The van der Waals surface area contributed by atoms with E-state index in [4.69, 9.17) is 0 Å². The lowest BCUT2D eigenvalue weighted by Gasteiger charge is -2.24. The normalized spacial score (nSPS) is 11.0. The Morgan fingerprint density at radius 3 is 2.36 bits per heavy atom. The van der Waals surface area contributed by atoms with Gasteiger partial charge in [0.05, 0.1) is 11.4 Å². The number of benzene rings is 2. The first kappa shape index (κ1) is 16.8. The number of hydrogen-bond donors (Lipinski definition) is 0. The number of nitrogens with zero attached hydrogens (tertiary/aromatic N) is 4. The SMILES string of the molecule is CCN(Cc1ccccc1)c1ccc(N=Nc2ccncc2)c(C)c1. The smallest absolute Gasteiger partial charge is 0.0887 e. The van der Waals surface area contributed by atoms with Crippen molar-refractivity contribution < 1.29 is 0 Å². The Kier molecular flexibility index (Phi) is 5.52. The molecule has 126 valence electrons. The summed E-state index contributed by atoms with van der Waals surface area (Å²) < 4.78 is 0. The first-order valence-electron chi connectivity index (χ1n) is 8.47. The van der Waals surface area contributed by atoms with Gasteiger partial charge in [0.25, 0.3) is 0 Å². The number of hydrogen-bond acceptors (Lipinski definition) is 4. The molecule has 3 rings (SSSR count).